The van der Waals surface area contributed by atoms with E-state index in [1.165, 1.54) is 56.2 Å². The van der Waals surface area contributed by atoms with Crippen LogP contribution in [0.4, 0.5) is 0 Å². The van der Waals surface area contributed by atoms with Crippen LogP contribution in [0.15, 0.2) is 18.2 Å². The van der Waals surface area contributed by atoms with E-state index in [9.17, 15) is 0 Å². The Morgan fingerprint density at radius 1 is 1.15 bits per heavy atom. The Labute approximate surface area is 124 Å². The van der Waals surface area contributed by atoms with Crippen molar-refractivity contribution in [2.24, 2.45) is 5.92 Å². The molecule has 0 aromatic heterocycles. The van der Waals surface area contributed by atoms with Crippen LogP contribution in [-0.2, 0) is 5.41 Å². The van der Waals surface area contributed by atoms with Crippen molar-refractivity contribution in [2.45, 2.75) is 70.8 Å². The van der Waals surface area contributed by atoms with Gasteiger partial charge in [0.25, 0.3) is 0 Å². The molecular formula is C19H29N. The molecule has 110 valence electrons. The van der Waals surface area contributed by atoms with Crippen molar-refractivity contribution < 1.29 is 0 Å². The highest BCUT2D eigenvalue weighted by molar-refractivity contribution is 5.37. The van der Waals surface area contributed by atoms with Gasteiger partial charge in [-0.1, -0.05) is 38.0 Å². The molecule has 1 nitrogen and oxygen atoms in total. The van der Waals surface area contributed by atoms with E-state index in [1.807, 2.05) is 0 Å². The van der Waals surface area contributed by atoms with Gasteiger partial charge in [0.2, 0.25) is 0 Å². The Morgan fingerprint density at radius 3 is 2.50 bits per heavy atom. The maximum Gasteiger partial charge on any atom is 0.00832 e. The predicted molar refractivity (Wildman–Crippen MR) is 86.3 cm³/mol. The summed E-state index contributed by atoms with van der Waals surface area (Å²) in [5.41, 5.74) is 4.89. The quantitative estimate of drug-likeness (QED) is 0.803. The van der Waals surface area contributed by atoms with Gasteiger partial charge in [0.1, 0.15) is 0 Å². The largest absolute Gasteiger partial charge is 0.313 e. The van der Waals surface area contributed by atoms with Crippen molar-refractivity contribution in [3.05, 3.63) is 34.9 Å². The lowest BCUT2D eigenvalue weighted by atomic mass is 9.57. The molecule has 0 radical (unpaired) electrons. The summed E-state index contributed by atoms with van der Waals surface area (Å²) in [6, 6.07) is 7.98. The molecule has 2 aliphatic carbocycles. The second-order valence-corrected chi connectivity index (χ2v) is 7.30. The fourth-order valence-corrected chi connectivity index (χ4v) is 3.84. The number of nitrogens with one attached hydrogen (secondary N) is 1. The summed E-state index contributed by atoms with van der Waals surface area (Å²) in [6.45, 7) is 7.98. The zero-order valence-corrected chi connectivity index (χ0v) is 13.3. The van der Waals surface area contributed by atoms with E-state index in [1.54, 1.807) is 5.56 Å². The van der Waals surface area contributed by atoms with Gasteiger partial charge in [-0.15, -0.1) is 0 Å². The zero-order valence-electron chi connectivity index (χ0n) is 13.3. The van der Waals surface area contributed by atoms with E-state index in [4.69, 9.17) is 0 Å². The second kappa shape index (κ2) is 5.52. The number of rotatable bonds is 6. The van der Waals surface area contributed by atoms with Crippen LogP contribution in [-0.4, -0.2) is 12.6 Å². The first-order valence-corrected chi connectivity index (χ1v) is 8.44. The molecule has 0 amide bonds. The number of hydrogen-bond acceptors (Lipinski definition) is 1. The maximum atomic E-state index is 3.79. The second-order valence-electron chi connectivity index (χ2n) is 7.30. The van der Waals surface area contributed by atoms with Crippen molar-refractivity contribution in [3.8, 4) is 0 Å². The van der Waals surface area contributed by atoms with Crippen LogP contribution in [0.3, 0.4) is 0 Å². The summed E-state index contributed by atoms with van der Waals surface area (Å²) in [7, 11) is 0. The van der Waals surface area contributed by atoms with Gasteiger partial charge in [-0.25, -0.2) is 0 Å². The Balaban J connectivity index is 1.75. The van der Waals surface area contributed by atoms with Crippen LogP contribution in [0.2, 0.25) is 0 Å². The standard InChI is InChI=1S/C19H29N/c1-4-5-16-11-19(12-16,13-20-18-8-9-18)17-7-6-14(2)15(3)10-17/h6-7,10,16,18,20H,4-5,8-9,11-13H2,1-3H3. The van der Waals surface area contributed by atoms with Gasteiger partial charge >= 0.3 is 0 Å². The van der Waals surface area contributed by atoms with Gasteiger partial charge in [0.15, 0.2) is 0 Å². The molecule has 1 aromatic rings. The van der Waals surface area contributed by atoms with Gasteiger partial charge in [0, 0.05) is 18.0 Å². The predicted octanol–water partition coefficient (Wildman–Crippen LogP) is 4.50. The lowest BCUT2D eigenvalue weighted by Crippen LogP contribution is -2.49. The molecule has 1 aromatic carbocycles. The monoisotopic (exact) mass is 271 g/mol. The minimum absolute atomic E-state index is 0.431. The van der Waals surface area contributed by atoms with Crippen molar-refractivity contribution in [1.82, 2.24) is 5.32 Å². The molecule has 2 saturated carbocycles. The summed E-state index contributed by atoms with van der Waals surface area (Å²) in [5.74, 6) is 0.961. The minimum atomic E-state index is 0.431. The van der Waals surface area contributed by atoms with Gasteiger partial charge < -0.3 is 5.32 Å². The smallest absolute Gasteiger partial charge is 0.00832 e. The summed E-state index contributed by atoms with van der Waals surface area (Å²) >= 11 is 0. The lowest BCUT2D eigenvalue weighted by Gasteiger charge is -2.49. The SMILES string of the molecule is CCCC1CC(CNC2CC2)(c2ccc(C)c(C)c2)C1. The lowest BCUT2D eigenvalue weighted by molar-refractivity contribution is 0.128. The molecule has 0 heterocycles. The molecule has 0 atom stereocenters. The van der Waals surface area contributed by atoms with Gasteiger partial charge in [-0.2, -0.15) is 0 Å². The molecule has 0 saturated heterocycles. The fraction of sp³-hybridized carbons (Fsp3) is 0.684. The molecule has 0 bridgehead atoms. The molecule has 3 rings (SSSR count). The van der Waals surface area contributed by atoms with E-state index in [2.05, 4.69) is 44.3 Å². The number of hydrogen-bond donors (Lipinski definition) is 1. The minimum Gasteiger partial charge on any atom is -0.313 e. The highest BCUT2D eigenvalue weighted by Gasteiger charge is 2.45. The van der Waals surface area contributed by atoms with Crippen LogP contribution in [0.25, 0.3) is 0 Å². The first-order valence-electron chi connectivity index (χ1n) is 8.44. The van der Waals surface area contributed by atoms with Crippen LogP contribution < -0.4 is 5.32 Å². The molecule has 0 spiro atoms. The van der Waals surface area contributed by atoms with Crippen molar-refractivity contribution in [3.63, 3.8) is 0 Å². The van der Waals surface area contributed by atoms with E-state index in [0.717, 1.165) is 12.0 Å². The average Bonchev–Trinajstić information content (AvgIpc) is 3.19. The van der Waals surface area contributed by atoms with E-state index >= 15 is 0 Å². The van der Waals surface area contributed by atoms with Crippen molar-refractivity contribution in [1.29, 1.82) is 0 Å². The highest BCUT2D eigenvalue weighted by atomic mass is 15.0. The third kappa shape index (κ3) is 2.79. The topological polar surface area (TPSA) is 12.0 Å². The molecule has 1 N–H and O–H groups in total. The molecule has 20 heavy (non-hydrogen) atoms. The maximum absolute atomic E-state index is 3.79. The summed E-state index contributed by atoms with van der Waals surface area (Å²) in [6.07, 6.45) is 8.31. The normalized spacial score (nSPS) is 29.2. The first-order chi connectivity index (χ1) is 9.63. The van der Waals surface area contributed by atoms with Crippen LogP contribution in [0.1, 0.15) is 62.1 Å². The Kier molecular flexibility index (Phi) is 3.90. The number of aryl methyl sites for hydroxylation is 2. The molecule has 1 heteroatoms. The van der Waals surface area contributed by atoms with E-state index in [0.29, 0.717) is 5.41 Å². The fourth-order valence-electron chi connectivity index (χ4n) is 3.84. The summed E-state index contributed by atoms with van der Waals surface area (Å²) in [4.78, 5) is 0. The average molecular weight is 271 g/mol. The summed E-state index contributed by atoms with van der Waals surface area (Å²) in [5, 5.41) is 3.79. The van der Waals surface area contributed by atoms with Crippen LogP contribution in [0.5, 0.6) is 0 Å². The first kappa shape index (κ1) is 14.1. The molecule has 2 fully saturated rings. The number of benzene rings is 1. The van der Waals surface area contributed by atoms with Gasteiger partial charge in [0.05, 0.1) is 0 Å². The highest BCUT2D eigenvalue weighted by Crippen LogP contribution is 2.49. The van der Waals surface area contributed by atoms with Crippen molar-refractivity contribution >= 4 is 0 Å². The molecule has 0 aliphatic heterocycles. The van der Waals surface area contributed by atoms with Gasteiger partial charge in [-0.05, 0) is 62.1 Å². The summed E-state index contributed by atoms with van der Waals surface area (Å²) < 4.78 is 0. The third-order valence-corrected chi connectivity index (χ3v) is 5.48. The molecular weight excluding hydrogens is 242 g/mol. The Hall–Kier alpha value is -0.820. The molecule has 0 unspecified atom stereocenters. The van der Waals surface area contributed by atoms with Gasteiger partial charge in [-0.3, -0.25) is 0 Å². The van der Waals surface area contributed by atoms with E-state index in [-0.39, 0.29) is 0 Å². The van der Waals surface area contributed by atoms with Crippen molar-refractivity contribution in [2.75, 3.05) is 6.54 Å². The van der Waals surface area contributed by atoms with Crippen LogP contribution in [0, 0.1) is 19.8 Å². The molecule has 2 aliphatic rings. The zero-order chi connectivity index (χ0) is 14.2. The third-order valence-electron chi connectivity index (χ3n) is 5.48. The Morgan fingerprint density at radius 2 is 1.90 bits per heavy atom. The Bertz CT molecular complexity index is 467. The van der Waals surface area contributed by atoms with E-state index < -0.39 is 0 Å². The van der Waals surface area contributed by atoms with Crippen LogP contribution >= 0.6 is 0 Å².